The first-order chi connectivity index (χ1) is 16.7. The van der Waals surface area contributed by atoms with Crippen molar-refractivity contribution in [3.05, 3.63) is 114 Å². The highest BCUT2D eigenvalue weighted by atomic mass is 16.6. The molecular weight excluding hydrogens is 466 g/mol. The topological polar surface area (TPSA) is 197 Å². The van der Waals surface area contributed by atoms with Crippen molar-refractivity contribution >= 4 is 35.2 Å². The molecule has 1 N–H and O–H groups in total. The summed E-state index contributed by atoms with van der Waals surface area (Å²) in [7, 11) is 0. The van der Waals surface area contributed by atoms with Gasteiger partial charge in [-0.05, 0) is 24.3 Å². The van der Waals surface area contributed by atoms with E-state index >= 15 is 0 Å². The normalized spacial score (nSPS) is 10.5. The molecule has 0 spiro atoms. The van der Waals surface area contributed by atoms with E-state index in [9.17, 15) is 39.9 Å². The fourth-order valence-electron chi connectivity index (χ4n) is 2.72. The molecule has 14 heteroatoms. The second kappa shape index (κ2) is 10.4. The van der Waals surface area contributed by atoms with Crippen molar-refractivity contribution in [3.63, 3.8) is 0 Å². The average Bonchev–Trinajstić information content (AvgIpc) is 2.84. The summed E-state index contributed by atoms with van der Waals surface area (Å²) in [4.78, 5) is 55.1. The van der Waals surface area contributed by atoms with Crippen molar-refractivity contribution in [2.24, 2.45) is 5.10 Å². The number of hydrogen-bond acceptors (Lipinski definition) is 10. The third kappa shape index (κ3) is 6.04. The lowest BCUT2D eigenvalue weighted by atomic mass is 10.1. The quantitative estimate of drug-likeness (QED) is 0.165. The largest absolute Gasteiger partial charge is 0.422 e. The Morgan fingerprint density at radius 3 is 1.91 bits per heavy atom. The minimum atomic E-state index is -1.09. The van der Waals surface area contributed by atoms with E-state index in [1.165, 1.54) is 30.3 Å². The molecule has 1 amide bonds. The van der Waals surface area contributed by atoms with Crippen molar-refractivity contribution < 1.29 is 29.1 Å². The molecule has 3 rings (SSSR count). The van der Waals surface area contributed by atoms with Crippen molar-refractivity contribution in [1.29, 1.82) is 0 Å². The zero-order chi connectivity index (χ0) is 25.5. The van der Waals surface area contributed by atoms with Gasteiger partial charge < -0.3 is 4.74 Å². The number of carbonyl (C=O) groups is 2. The Labute approximate surface area is 194 Å². The Hall–Kier alpha value is -5.53. The van der Waals surface area contributed by atoms with E-state index in [4.69, 9.17) is 4.74 Å². The molecule has 0 fully saturated rings. The summed E-state index contributed by atoms with van der Waals surface area (Å²) < 4.78 is 5.23. The third-order valence-corrected chi connectivity index (χ3v) is 4.39. The lowest BCUT2D eigenvalue weighted by molar-refractivity contribution is -0.394. The monoisotopic (exact) mass is 479 g/mol. The SMILES string of the molecule is O=C(NN=Cc1ccccc1OC(=O)c1cc([N+](=O)[O-])cc([N+](=O)[O-])c1)c1ccc([N+](=O)[O-])cc1. The van der Waals surface area contributed by atoms with Crippen LogP contribution in [0.3, 0.4) is 0 Å². The number of non-ortho nitro benzene ring substituents is 3. The van der Waals surface area contributed by atoms with Gasteiger partial charge in [0.25, 0.3) is 23.0 Å². The molecule has 0 aliphatic rings. The highest BCUT2D eigenvalue weighted by Crippen LogP contribution is 2.25. The summed E-state index contributed by atoms with van der Waals surface area (Å²) >= 11 is 0. The Balaban J connectivity index is 1.76. The molecule has 0 radical (unpaired) electrons. The van der Waals surface area contributed by atoms with Crippen LogP contribution in [-0.4, -0.2) is 32.9 Å². The number of amides is 1. The molecule has 0 aliphatic carbocycles. The van der Waals surface area contributed by atoms with E-state index in [1.54, 1.807) is 6.07 Å². The Morgan fingerprint density at radius 1 is 0.771 bits per heavy atom. The number of esters is 1. The summed E-state index contributed by atoms with van der Waals surface area (Å²) in [6.45, 7) is 0. The standard InChI is InChI=1S/C21H13N5O9/c27-20(13-5-7-16(8-6-13)24(29)30)23-22-12-14-3-1-2-4-19(14)35-21(28)15-9-17(25(31)32)11-18(10-15)26(33)34/h1-12H,(H,23,27). The molecular formula is C21H13N5O9. The van der Waals surface area contributed by atoms with E-state index in [-0.39, 0.29) is 22.6 Å². The minimum Gasteiger partial charge on any atom is -0.422 e. The van der Waals surface area contributed by atoms with Crippen LogP contribution in [0.25, 0.3) is 0 Å². The number of nitrogens with zero attached hydrogens (tertiary/aromatic N) is 4. The van der Waals surface area contributed by atoms with Crippen LogP contribution in [0.1, 0.15) is 26.3 Å². The van der Waals surface area contributed by atoms with Crippen LogP contribution >= 0.6 is 0 Å². The van der Waals surface area contributed by atoms with Crippen LogP contribution in [0.2, 0.25) is 0 Å². The number of rotatable bonds is 8. The zero-order valence-electron chi connectivity index (χ0n) is 17.4. The smallest absolute Gasteiger partial charge is 0.344 e. The molecule has 0 unspecified atom stereocenters. The van der Waals surface area contributed by atoms with Crippen LogP contribution in [0.15, 0.2) is 71.8 Å². The fraction of sp³-hybridized carbons (Fsp3) is 0. The van der Waals surface area contributed by atoms with Crippen LogP contribution < -0.4 is 10.2 Å². The third-order valence-electron chi connectivity index (χ3n) is 4.39. The molecule has 176 valence electrons. The second-order valence-corrected chi connectivity index (χ2v) is 6.68. The zero-order valence-corrected chi connectivity index (χ0v) is 17.4. The van der Waals surface area contributed by atoms with E-state index in [2.05, 4.69) is 10.5 Å². The molecule has 0 atom stereocenters. The van der Waals surface area contributed by atoms with Gasteiger partial charge >= 0.3 is 5.97 Å². The molecule has 3 aromatic carbocycles. The molecule has 0 bridgehead atoms. The summed E-state index contributed by atoms with van der Waals surface area (Å²) in [5.41, 5.74) is 0.643. The second-order valence-electron chi connectivity index (χ2n) is 6.68. The lowest BCUT2D eigenvalue weighted by Gasteiger charge is -2.07. The van der Waals surface area contributed by atoms with E-state index < -0.39 is 43.6 Å². The molecule has 14 nitrogen and oxygen atoms in total. The highest BCUT2D eigenvalue weighted by molar-refractivity contribution is 5.96. The van der Waals surface area contributed by atoms with Crippen molar-refractivity contribution in [3.8, 4) is 5.75 Å². The minimum absolute atomic E-state index is 0.0417. The number of ether oxygens (including phenoxy) is 1. The maximum atomic E-state index is 12.5. The van der Waals surface area contributed by atoms with Gasteiger partial charge in [-0.3, -0.25) is 35.1 Å². The maximum absolute atomic E-state index is 12.5. The molecule has 0 heterocycles. The van der Waals surface area contributed by atoms with Gasteiger partial charge in [0, 0.05) is 35.4 Å². The summed E-state index contributed by atoms with van der Waals surface area (Å²) in [6, 6.07) is 13.2. The number of para-hydroxylation sites is 1. The average molecular weight is 479 g/mol. The number of hydrazone groups is 1. The van der Waals surface area contributed by atoms with Gasteiger partial charge in [0.05, 0.1) is 32.6 Å². The molecule has 0 saturated heterocycles. The van der Waals surface area contributed by atoms with Gasteiger partial charge in [-0.15, -0.1) is 0 Å². The van der Waals surface area contributed by atoms with Gasteiger partial charge in [0.15, 0.2) is 0 Å². The Morgan fingerprint density at radius 2 is 1.34 bits per heavy atom. The van der Waals surface area contributed by atoms with Crippen LogP contribution in [0, 0.1) is 30.3 Å². The maximum Gasteiger partial charge on any atom is 0.344 e. The molecule has 0 aromatic heterocycles. The summed E-state index contributed by atoms with van der Waals surface area (Å²) in [5, 5.41) is 36.5. The predicted molar refractivity (Wildman–Crippen MR) is 119 cm³/mol. The van der Waals surface area contributed by atoms with Crippen molar-refractivity contribution in [1.82, 2.24) is 5.43 Å². The Bertz CT molecular complexity index is 1340. The first-order valence-corrected chi connectivity index (χ1v) is 9.48. The van der Waals surface area contributed by atoms with E-state index in [1.807, 2.05) is 0 Å². The first kappa shape index (κ1) is 24.1. The lowest BCUT2D eigenvalue weighted by Crippen LogP contribution is -2.17. The molecule has 0 saturated carbocycles. The van der Waals surface area contributed by atoms with Gasteiger partial charge in [0.1, 0.15) is 5.75 Å². The molecule has 35 heavy (non-hydrogen) atoms. The number of hydrogen-bond donors (Lipinski definition) is 1. The van der Waals surface area contributed by atoms with Gasteiger partial charge in [-0.25, -0.2) is 10.2 Å². The fourth-order valence-corrected chi connectivity index (χ4v) is 2.72. The Kier molecular flexibility index (Phi) is 7.16. The van der Waals surface area contributed by atoms with Gasteiger partial charge in [-0.2, -0.15) is 5.10 Å². The van der Waals surface area contributed by atoms with E-state index in [0.717, 1.165) is 30.5 Å². The van der Waals surface area contributed by atoms with Gasteiger partial charge in [0.2, 0.25) is 0 Å². The number of nitro groups is 3. The first-order valence-electron chi connectivity index (χ1n) is 9.48. The van der Waals surface area contributed by atoms with Crippen LogP contribution in [-0.2, 0) is 0 Å². The van der Waals surface area contributed by atoms with Gasteiger partial charge in [-0.1, -0.05) is 12.1 Å². The summed E-state index contributed by atoms with van der Waals surface area (Å²) in [5.74, 6) is -1.79. The molecule has 0 aliphatic heterocycles. The summed E-state index contributed by atoms with van der Waals surface area (Å²) in [6.07, 6.45) is 1.15. The number of carbonyl (C=O) groups excluding carboxylic acids is 2. The van der Waals surface area contributed by atoms with Crippen LogP contribution in [0.5, 0.6) is 5.75 Å². The van der Waals surface area contributed by atoms with E-state index in [0.29, 0.717) is 6.07 Å². The van der Waals surface area contributed by atoms with Crippen LogP contribution in [0.4, 0.5) is 17.1 Å². The predicted octanol–water partition coefficient (Wildman–Crippen LogP) is 3.39. The number of benzene rings is 3. The number of nitrogens with one attached hydrogen (secondary N) is 1. The number of nitro benzene ring substituents is 3. The van der Waals surface area contributed by atoms with Crippen molar-refractivity contribution in [2.75, 3.05) is 0 Å². The highest BCUT2D eigenvalue weighted by Gasteiger charge is 2.21. The van der Waals surface area contributed by atoms with Crippen molar-refractivity contribution in [2.45, 2.75) is 0 Å². The molecule has 3 aromatic rings.